The quantitative estimate of drug-likeness (QED) is 0.155. The lowest BCUT2D eigenvalue weighted by Crippen LogP contribution is -2.54. The Morgan fingerprint density at radius 3 is 2.02 bits per heavy atom. The number of amides is 2. The Hall–Kier alpha value is -3.56. The minimum atomic E-state index is -4.25. The van der Waals surface area contributed by atoms with Crippen molar-refractivity contribution in [3.63, 3.8) is 0 Å². The topological polar surface area (TPSA) is 86.8 Å². The highest BCUT2D eigenvalue weighted by Crippen LogP contribution is 2.29. The lowest BCUT2D eigenvalue weighted by molar-refractivity contribution is -0.140. The molecule has 0 bridgehead atoms. The number of carbonyl (C=O) groups excluding carboxylic acids is 2. The summed E-state index contributed by atoms with van der Waals surface area (Å²) >= 11 is 19.2. The van der Waals surface area contributed by atoms with Crippen LogP contribution in [-0.4, -0.2) is 43.8 Å². The van der Waals surface area contributed by atoms with Gasteiger partial charge in [-0.3, -0.25) is 13.9 Å². The van der Waals surface area contributed by atoms with Crippen LogP contribution in [0.25, 0.3) is 0 Å². The normalized spacial score (nSPS) is 12.7. The SMILES string of the molecule is CC[C@H](C)NC(=O)[C@H](Cc1ccccc1)N(Cc1c(Cl)cccc1Cl)C(=O)CN(c1ccc(C)cc1)S(=O)(=O)c1ccc(Cl)cc1. The molecule has 0 radical (unpaired) electrons. The third-order valence-electron chi connectivity index (χ3n) is 7.66. The maximum Gasteiger partial charge on any atom is 0.264 e. The first-order valence-electron chi connectivity index (χ1n) is 14.8. The van der Waals surface area contributed by atoms with Gasteiger partial charge in [-0.2, -0.15) is 0 Å². The number of halogens is 3. The van der Waals surface area contributed by atoms with Gasteiger partial charge in [0.2, 0.25) is 11.8 Å². The van der Waals surface area contributed by atoms with Gasteiger partial charge in [0.15, 0.2) is 0 Å². The smallest absolute Gasteiger partial charge is 0.264 e. The van der Waals surface area contributed by atoms with Crippen molar-refractivity contribution in [2.24, 2.45) is 0 Å². The van der Waals surface area contributed by atoms with Gasteiger partial charge >= 0.3 is 0 Å². The molecular formula is C35H36Cl3N3O4S. The average Bonchev–Trinajstić information content (AvgIpc) is 3.03. The summed E-state index contributed by atoms with van der Waals surface area (Å²) in [6, 6.07) is 25.7. The molecule has 0 aliphatic rings. The fourth-order valence-corrected chi connectivity index (χ4v) is 6.88. The van der Waals surface area contributed by atoms with E-state index in [0.717, 1.165) is 15.4 Å². The summed E-state index contributed by atoms with van der Waals surface area (Å²) in [5.41, 5.74) is 2.46. The number of anilines is 1. The van der Waals surface area contributed by atoms with Crippen LogP contribution in [0.1, 0.15) is 37.0 Å². The third-order valence-corrected chi connectivity index (χ3v) is 10.4. The molecule has 2 atom stereocenters. The number of hydrogen-bond donors (Lipinski definition) is 1. The number of carbonyl (C=O) groups is 2. The highest BCUT2D eigenvalue weighted by Gasteiger charge is 2.35. The Bertz CT molecular complexity index is 1730. The fourth-order valence-electron chi connectivity index (χ4n) is 4.82. The molecule has 0 aliphatic heterocycles. The van der Waals surface area contributed by atoms with E-state index in [0.29, 0.717) is 27.1 Å². The van der Waals surface area contributed by atoms with Gasteiger partial charge in [0.05, 0.1) is 10.6 Å². The summed E-state index contributed by atoms with van der Waals surface area (Å²) in [6.45, 7) is 4.98. The number of rotatable bonds is 13. The van der Waals surface area contributed by atoms with Crippen molar-refractivity contribution in [2.45, 2.75) is 57.1 Å². The molecule has 46 heavy (non-hydrogen) atoms. The van der Waals surface area contributed by atoms with E-state index in [4.69, 9.17) is 34.8 Å². The summed E-state index contributed by atoms with van der Waals surface area (Å²) in [5.74, 6) is -0.994. The van der Waals surface area contributed by atoms with Crippen molar-refractivity contribution in [2.75, 3.05) is 10.8 Å². The molecule has 4 rings (SSSR count). The number of hydrogen-bond acceptors (Lipinski definition) is 4. The second-order valence-corrected chi connectivity index (χ2v) is 14.2. The molecule has 0 fully saturated rings. The van der Waals surface area contributed by atoms with Crippen molar-refractivity contribution in [1.29, 1.82) is 0 Å². The Morgan fingerprint density at radius 2 is 1.43 bits per heavy atom. The van der Waals surface area contributed by atoms with E-state index in [1.165, 1.54) is 29.2 Å². The zero-order chi connectivity index (χ0) is 33.4. The minimum absolute atomic E-state index is 0.0404. The average molecular weight is 701 g/mol. The lowest BCUT2D eigenvalue weighted by Gasteiger charge is -2.34. The van der Waals surface area contributed by atoms with E-state index in [-0.39, 0.29) is 35.5 Å². The lowest BCUT2D eigenvalue weighted by atomic mass is 10.0. The van der Waals surface area contributed by atoms with E-state index < -0.39 is 28.5 Å². The first-order valence-corrected chi connectivity index (χ1v) is 17.4. The molecule has 0 aromatic heterocycles. The molecule has 1 N–H and O–H groups in total. The van der Waals surface area contributed by atoms with Crippen molar-refractivity contribution in [3.8, 4) is 0 Å². The molecule has 4 aromatic carbocycles. The molecule has 0 heterocycles. The van der Waals surface area contributed by atoms with Gasteiger partial charge in [-0.1, -0.05) is 95.8 Å². The molecule has 11 heteroatoms. The number of sulfonamides is 1. The summed E-state index contributed by atoms with van der Waals surface area (Å²) in [7, 11) is -4.25. The maximum atomic E-state index is 14.6. The van der Waals surface area contributed by atoms with Gasteiger partial charge in [0.1, 0.15) is 12.6 Å². The van der Waals surface area contributed by atoms with Crippen molar-refractivity contribution < 1.29 is 18.0 Å². The van der Waals surface area contributed by atoms with Crippen LogP contribution in [-0.2, 0) is 32.6 Å². The van der Waals surface area contributed by atoms with Crippen LogP contribution in [0.5, 0.6) is 0 Å². The predicted octanol–water partition coefficient (Wildman–Crippen LogP) is 7.71. The molecular weight excluding hydrogens is 665 g/mol. The largest absolute Gasteiger partial charge is 0.352 e. The second-order valence-electron chi connectivity index (χ2n) is 11.0. The van der Waals surface area contributed by atoms with Crippen LogP contribution in [0, 0.1) is 6.92 Å². The van der Waals surface area contributed by atoms with Gasteiger partial charge in [0.25, 0.3) is 10.0 Å². The zero-order valence-electron chi connectivity index (χ0n) is 25.8. The third kappa shape index (κ3) is 8.82. The van der Waals surface area contributed by atoms with Crippen molar-refractivity contribution in [1.82, 2.24) is 10.2 Å². The highest BCUT2D eigenvalue weighted by atomic mass is 35.5. The summed E-state index contributed by atoms with van der Waals surface area (Å²) < 4.78 is 29.3. The maximum absolute atomic E-state index is 14.6. The van der Waals surface area contributed by atoms with E-state index in [1.54, 1.807) is 42.5 Å². The Labute approximate surface area is 286 Å². The second kappa shape index (κ2) is 15.8. The van der Waals surface area contributed by atoms with Crippen molar-refractivity contribution >= 4 is 62.3 Å². The van der Waals surface area contributed by atoms with Crippen LogP contribution < -0.4 is 9.62 Å². The van der Waals surface area contributed by atoms with Crippen molar-refractivity contribution in [3.05, 3.63) is 129 Å². The highest BCUT2D eigenvalue weighted by molar-refractivity contribution is 7.92. The van der Waals surface area contributed by atoms with Crippen LogP contribution in [0.15, 0.2) is 102 Å². The minimum Gasteiger partial charge on any atom is -0.352 e. The first-order chi connectivity index (χ1) is 21.9. The van der Waals surface area contributed by atoms with Crippen LogP contribution in [0.3, 0.4) is 0 Å². The first kappa shape index (κ1) is 35.3. The molecule has 0 saturated carbocycles. The number of benzene rings is 4. The Morgan fingerprint density at radius 1 is 0.826 bits per heavy atom. The number of nitrogens with one attached hydrogen (secondary N) is 1. The van der Waals surface area contributed by atoms with E-state index >= 15 is 0 Å². The Kier molecular flexibility index (Phi) is 12.1. The molecule has 0 saturated heterocycles. The Balaban J connectivity index is 1.84. The number of aryl methyl sites for hydroxylation is 1. The van der Waals surface area contributed by atoms with Gasteiger partial charge in [0, 0.05) is 39.6 Å². The molecule has 2 amide bonds. The number of nitrogens with zero attached hydrogens (tertiary/aromatic N) is 2. The summed E-state index contributed by atoms with van der Waals surface area (Å²) in [6.07, 6.45) is 0.847. The van der Waals surface area contributed by atoms with Crippen LogP contribution in [0.4, 0.5) is 5.69 Å². The molecule has 0 aliphatic carbocycles. The summed E-state index contributed by atoms with van der Waals surface area (Å²) in [4.78, 5) is 29.9. The monoisotopic (exact) mass is 699 g/mol. The fraction of sp³-hybridized carbons (Fsp3) is 0.257. The van der Waals surface area contributed by atoms with Crippen LogP contribution in [0.2, 0.25) is 15.1 Å². The predicted molar refractivity (Wildman–Crippen MR) is 186 cm³/mol. The van der Waals surface area contributed by atoms with Crippen LogP contribution >= 0.6 is 34.8 Å². The van der Waals surface area contributed by atoms with Gasteiger partial charge in [-0.25, -0.2) is 8.42 Å². The van der Waals surface area contributed by atoms with E-state index in [2.05, 4.69) is 5.32 Å². The van der Waals surface area contributed by atoms with E-state index in [1.807, 2.05) is 51.1 Å². The molecule has 4 aromatic rings. The van der Waals surface area contributed by atoms with Gasteiger partial charge < -0.3 is 10.2 Å². The van der Waals surface area contributed by atoms with Gasteiger partial charge in [-0.15, -0.1) is 0 Å². The summed E-state index contributed by atoms with van der Waals surface area (Å²) in [5, 5.41) is 4.01. The molecule has 7 nitrogen and oxygen atoms in total. The molecule has 242 valence electrons. The standard InChI is InChI=1S/C35H36Cl3N3O4S/c1-4-25(3)39-35(43)33(21-26-9-6-5-7-10-26)40(22-30-31(37)11-8-12-32(30)38)34(42)23-41(28-17-13-24(2)14-18-28)46(44,45)29-19-15-27(36)16-20-29/h5-20,25,33H,4,21-23H2,1-3H3,(H,39,43)/t25-,33-/m0/s1. The zero-order valence-corrected chi connectivity index (χ0v) is 28.9. The van der Waals surface area contributed by atoms with Gasteiger partial charge in [-0.05, 0) is 74.4 Å². The van der Waals surface area contributed by atoms with E-state index in [9.17, 15) is 18.0 Å². The molecule has 0 spiro atoms. The molecule has 0 unspecified atom stereocenters.